The molecule has 1 saturated heterocycles. The average molecular weight is 263 g/mol. The smallest absolute Gasteiger partial charge is 0.0594 e. The summed E-state index contributed by atoms with van der Waals surface area (Å²) in [6.45, 7) is 10.0. The summed E-state index contributed by atoms with van der Waals surface area (Å²) < 4.78 is 5.45. The fraction of sp³-hybridized carbons (Fsp3) is 0.667. The Hall–Kier alpha value is -0.970. The van der Waals surface area contributed by atoms with E-state index in [1.807, 2.05) is 12.4 Å². The minimum absolute atomic E-state index is 0.0250. The molecular formula is C15H25N3O. The summed E-state index contributed by atoms with van der Waals surface area (Å²) in [5.41, 5.74) is 8.80. The predicted octanol–water partition coefficient (Wildman–Crippen LogP) is 1.89. The maximum atomic E-state index is 6.56. The minimum atomic E-state index is -0.0424. The highest BCUT2D eigenvalue weighted by molar-refractivity contribution is 5.23. The van der Waals surface area contributed by atoms with Crippen molar-refractivity contribution in [2.75, 3.05) is 26.3 Å². The van der Waals surface area contributed by atoms with Gasteiger partial charge in [0.25, 0.3) is 0 Å². The molecule has 0 amide bonds. The zero-order valence-corrected chi connectivity index (χ0v) is 12.2. The Morgan fingerprint density at radius 2 is 2.11 bits per heavy atom. The van der Waals surface area contributed by atoms with Gasteiger partial charge in [-0.25, -0.2) is 0 Å². The molecular weight excluding hydrogens is 238 g/mol. The number of aromatic nitrogens is 1. The third-order valence-electron chi connectivity index (χ3n) is 4.37. The lowest BCUT2D eigenvalue weighted by molar-refractivity contribution is -0.0278. The van der Waals surface area contributed by atoms with Crippen molar-refractivity contribution in [2.45, 2.75) is 38.8 Å². The van der Waals surface area contributed by atoms with Gasteiger partial charge in [-0.1, -0.05) is 13.0 Å². The van der Waals surface area contributed by atoms with Crippen molar-refractivity contribution < 1.29 is 4.74 Å². The van der Waals surface area contributed by atoms with E-state index in [0.29, 0.717) is 0 Å². The highest BCUT2D eigenvalue weighted by atomic mass is 16.5. The lowest BCUT2D eigenvalue weighted by Gasteiger charge is -2.46. The molecule has 4 heteroatoms. The number of hydrogen-bond acceptors (Lipinski definition) is 4. The van der Waals surface area contributed by atoms with Gasteiger partial charge in [0.15, 0.2) is 0 Å². The van der Waals surface area contributed by atoms with Crippen LogP contribution in [0.5, 0.6) is 0 Å². The molecule has 2 N–H and O–H groups in total. The van der Waals surface area contributed by atoms with Crippen LogP contribution >= 0.6 is 0 Å². The molecule has 0 radical (unpaired) electrons. The first-order chi connectivity index (χ1) is 9.08. The first-order valence-corrected chi connectivity index (χ1v) is 7.08. The molecule has 0 bridgehead atoms. The molecule has 1 aliphatic rings. The van der Waals surface area contributed by atoms with Gasteiger partial charge in [-0.05, 0) is 31.4 Å². The Labute approximate surface area is 116 Å². The van der Waals surface area contributed by atoms with Gasteiger partial charge in [-0.15, -0.1) is 0 Å². The largest absolute Gasteiger partial charge is 0.379 e. The number of aryl methyl sites for hydroxylation is 1. The van der Waals surface area contributed by atoms with E-state index in [-0.39, 0.29) is 11.6 Å². The zero-order valence-electron chi connectivity index (χ0n) is 12.2. The Morgan fingerprint density at radius 1 is 1.42 bits per heavy atom. The number of ether oxygens (including phenoxy) is 1. The van der Waals surface area contributed by atoms with Crippen molar-refractivity contribution in [3.8, 4) is 0 Å². The van der Waals surface area contributed by atoms with Crippen molar-refractivity contribution in [1.82, 2.24) is 9.88 Å². The van der Waals surface area contributed by atoms with Gasteiger partial charge in [0, 0.05) is 37.1 Å². The van der Waals surface area contributed by atoms with E-state index < -0.39 is 0 Å². The van der Waals surface area contributed by atoms with E-state index in [1.165, 1.54) is 0 Å². The maximum Gasteiger partial charge on any atom is 0.0594 e. The van der Waals surface area contributed by atoms with Crippen LogP contribution < -0.4 is 5.73 Å². The van der Waals surface area contributed by atoms with Gasteiger partial charge in [0.05, 0.1) is 13.2 Å². The highest BCUT2D eigenvalue weighted by Crippen LogP contribution is 2.33. The maximum absolute atomic E-state index is 6.56. The standard InChI is InChI=1S/C15H25N3O/c1-4-15(3,18-5-7-19-8-6-18)14(16)13-9-12(2)10-17-11-13/h9-11,14H,4-8,16H2,1-3H3. The Bertz CT molecular complexity index is 418. The van der Waals surface area contributed by atoms with Crippen LogP contribution in [0.2, 0.25) is 0 Å². The van der Waals surface area contributed by atoms with Crippen molar-refractivity contribution in [1.29, 1.82) is 0 Å². The molecule has 19 heavy (non-hydrogen) atoms. The van der Waals surface area contributed by atoms with Crippen molar-refractivity contribution in [3.63, 3.8) is 0 Å². The lowest BCUT2D eigenvalue weighted by atomic mass is 9.83. The minimum Gasteiger partial charge on any atom is -0.379 e. The average Bonchev–Trinajstić information content (AvgIpc) is 2.46. The SMILES string of the molecule is CCC(C)(C(N)c1cncc(C)c1)N1CCOCC1. The second kappa shape index (κ2) is 5.99. The predicted molar refractivity (Wildman–Crippen MR) is 77.0 cm³/mol. The molecule has 2 heterocycles. The fourth-order valence-corrected chi connectivity index (χ4v) is 2.82. The quantitative estimate of drug-likeness (QED) is 0.901. The van der Waals surface area contributed by atoms with E-state index >= 15 is 0 Å². The van der Waals surface area contributed by atoms with E-state index in [4.69, 9.17) is 10.5 Å². The molecule has 0 saturated carbocycles. The molecule has 4 nitrogen and oxygen atoms in total. The van der Waals surface area contributed by atoms with Crippen LogP contribution in [-0.4, -0.2) is 41.7 Å². The lowest BCUT2D eigenvalue weighted by Crippen LogP contribution is -2.56. The van der Waals surface area contributed by atoms with Crippen LogP contribution in [-0.2, 0) is 4.74 Å². The summed E-state index contributed by atoms with van der Waals surface area (Å²) in [6, 6.07) is 2.12. The number of nitrogens with zero attached hydrogens (tertiary/aromatic N) is 2. The van der Waals surface area contributed by atoms with Crippen LogP contribution in [0.3, 0.4) is 0 Å². The molecule has 0 aromatic carbocycles. The van der Waals surface area contributed by atoms with Crippen LogP contribution in [0.4, 0.5) is 0 Å². The fourth-order valence-electron chi connectivity index (χ4n) is 2.82. The second-order valence-electron chi connectivity index (χ2n) is 5.58. The molecule has 2 atom stereocenters. The molecule has 0 spiro atoms. The van der Waals surface area contributed by atoms with Gasteiger partial charge in [0.1, 0.15) is 0 Å². The summed E-state index contributed by atoms with van der Waals surface area (Å²) >= 11 is 0. The van der Waals surface area contributed by atoms with Gasteiger partial charge in [-0.2, -0.15) is 0 Å². The molecule has 1 aromatic heterocycles. The molecule has 2 unspecified atom stereocenters. The summed E-state index contributed by atoms with van der Waals surface area (Å²) in [5.74, 6) is 0. The monoisotopic (exact) mass is 263 g/mol. The highest BCUT2D eigenvalue weighted by Gasteiger charge is 2.37. The van der Waals surface area contributed by atoms with E-state index in [1.54, 1.807) is 0 Å². The Morgan fingerprint density at radius 3 is 2.68 bits per heavy atom. The summed E-state index contributed by atoms with van der Waals surface area (Å²) in [7, 11) is 0. The van der Waals surface area contributed by atoms with Crippen LogP contribution in [0, 0.1) is 6.92 Å². The number of hydrogen-bond donors (Lipinski definition) is 1. The normalized spacial score (nSPS) is 21.9. The van der Waals surface area contributed by atoms with E-state index in [9.17, 15) is 0 Å². The first-order valence-electron chi connectivity index (χ1n) is 7.08. The summed E-state index contributed by atoms with van der Waals surface area (Å²) in [6.07, 6.45) is 4.78. The Balaban J connectivity index is 2.24. The van der Waals surface area contributed by atoms with E-state index in [0.717, 1.165) is 43.9 Å². The van der Waals surface area contributed by atoms with Crippen molar-refractivity contribution >= 4 is 0 Å². The second-order valence-corrected chi connectivity index (χ2v) is 5.58. The number of rotatable bonds is 4. The van der Waals surface area contributed by atoms with Crippen LogP contribution in [0.1, 0.15) is 37.4 Å². The first kappa shape index (κ1) is 14.4. The summed E-state index contributed by atoms with van der Waals surface area (Å²) in [5, 5.41) is 0. The number of pyridine rings is 1. The molecule has 1 aromatic rings. The zero-order chi connectivity index (χ0) is 13.9. The molecule has 0 aliphatic carbocycles. The topological polar surface area (TPSA) is 51.4 Å². The van der Waals surface area contributed by atoms with Gasteiger partial charge in [0.2, 0.25) is 0 Å². The van der Waals surface area contributed by atoms with Crippen molar-refractivity contribution in [2.24, 2.45) is 5.73 Å². The van der Waals surface area contributed by atoms with Crippen molar-refractivity contribution in [3.05, 3.63) is 29.6 Å². The van der Waals surface area contributed by atoms with E-state index in [2.05, 4.69) is 36.7 Å². The third-order valence-corrected chi connectivity index (χ3v) is 4.37. The summed E-state index contributed by atoms with van der Waals surface area (Å²) in [4.78, 5) is 6.74. The number of morpholine rings is 1. The molecule has 106 valence electrons. The third kappa shape index (κ3) is 2.96. The van der Waals surface area contributed by atoms with Crippen LogP contribution in [0.25, 0.3) is 0 Å². The Kier molecular flexibility index (Phi) is 4.55. The molecule has 1 fully saturated rings. The van der Waals surface area contributed by atoms with Crippen LogP contribution in [0.15, 0.2) is 18.5 Å². The van der Waals surface area contributed by atoms with Gasteiger partial charge in [-0.3, -0.25) is 9.88 Å². The molecule has 2 rings (SSSR count). The van der Waals surface area contributed by atoms with Gasteiger partial charge >= 0.3 is 0 Å². The van der Waals surface area contributed by atoms with Gasteiger partial charge < -0.3 is 10.5 Å². The number of nitrogens with two attached hydrogens (primary N) is 1. The molecule has 1 aliphatic heterocycles.